The summed E-state index contributed by atoms with van der Waals surface area (Å²) in [5, 5.41) is 6.23. The van der Waals surface area contributed by atoms with Crippen LogP contribution in [0.1, 0.15) is 44.9 Å². The van der Waals surface area contributed by atoms with Gasteiger partial charge in [0.2, 0.25) is 5.91 Å². The van der Waals surface area contributed by atoms with E-state index in [-0.39, 0.29) is 24.0 Å². The Kier molecular flexibility index (Phi) is 5.35. The molecule has 0 saturated heterocycles. The van der Waals surface area contributed by atoms with Gasteiger partial charge in [-0.2, -0.15) is 0 Å². The van der Waals surface area contributed by atoms with Gasteiger partial charge in [-0.15, -0.1) is 0 Å². The summed E-state index contributed by atoms with van der Waals surface area (Å²) in [6.07, 6.45) is 0. The monoisotopic (exact) mass is 248 g/mol. The first-order chi connectivity index (χ1) is 8.40. The number of nitrogens with one attached hydrogen (secondary N) is 2. The van der Waals surface area contributed by atoms with Crippen LogP contribution < -0.4 is 10.6 Å². The van der Waals surface area contributed by atoms with Crippen LogP contribution in [0.2, 0.25) is 0 Å². The zero-order valence-electron chi connectivity index (χ0n) is 11.9. The molecule has 0 fully saturated rings. The first-order valence-electron chi connectivity index (χ1n) is 6.53. The normalized spacial score (nSPS) is 14.3. The molecule has 3 nitrogen and oxygen atoms in total. The van der Waals surface area contributed by atoms with Gasteiger partial charge < -0.3 is 5.32 Å². The summed E-state index contributed by atoms with van der Waals surface area (Å²) in [7, 11) is 0. The molecule has 2 N–H and O–H groups in total. The summed E-state index contributed by atoms with van der Waals surface area (Å²) in [5.41, 5.74) is 2.44. The Labute approximate surface area is 110 Å². The average Bonchev–Trinajstić information content (AvgIpc) is 2.27. The molecule has 1 rings (SSSR count). The molecule has 1 amide bonds. The summed E-state index contributed by atoms with van der Waals surface area (Å²) >= 11 is 0. The smallest absolute Gasteiger partial charge is 0.237 e. The molecule has 3 heteroatoms. The predicted molar refractivity (Wildman–Crippen MR) is 75.5 cm³/mol. The lowest BCUT2D eigenvalue weighted by Gasteiger charge is -2.21. The fourth-order valence-corrected chi connectivity index (χ4v) is 1.90. The molecule has 0 aliphatic heterocycles. The zero-order chi connectivity index (χ0) is 13.7. The van der Waals surface area contributed by atoms with Gasteiger partial charge in [-0.1, -0.05) is 29.8 Å². The Morgan fingerprint density at radius 3 is 2.39 bits per heavy atom. The molecular weight excluding hydrogens is 224 g/mol. The third kappa shape index (κ3) is 4.49. The van der Waals surface area contributed by atoms with E-state index >= 15 is 0 Å². The Morgan fingerprint density at radius 2 is 1.83 bits per heavy atom. The van der Waals surface area contributed by atoms with E-state index in [0.29, 0.717) is 0 Å². The molecule has 18 heavy (non-hydrogen) atoms. The lowest BCUT2D eigenvalue weighted by Crippen LogP contribution is -2.45. The van der Waals surface area contributed by atoms with E-state index in [1.54, 1.807) is 0 Å². The van der Waals surface area contributed by atoms with E-state index in [1.807, 2.05) is 26.8 Å². The highest BCUT2D eigenvalue weighted by atomic mass is 16.2. The van der Waals surface area contributed by atoms with Gasteiger partial charge in [0.25, 0.3) is 0 Å². The fourth-order valence-electron chi connectivity index (χ4n) is 1.90. The highest BCUT2D eigenvalue weighted by molar-refractivity contribution is 5.81. The van der Waals surface area contributed by atoms with Gasteiger partial charge in [-0.25, -0.2) is 0 Å². The van der Waals surface area contributed by atoms with Crippen molar-refractivity contribution >= 4 is 5.91 Å². The molecule has 1 unspecified atom stereocenters. The van der Waals surface area contributed by atoms with Crippen molar-refractivity contribution in [2.45, 2.75) is 52.7 Å². The first-order valence-corrected chi connectivity index (χ1v) is 6.53. The maximum absolute atomic E-state index is 11.8. The van der Waals surface area contributed by atoms with E-state index in [4.69, 9.17) is 0 Å². The first kappa shape index (κ1) is 14.7. The van der Waals surface area contributed by atoms with Gasteiger partial charge >= 0.3 is 0 Å². The molecule has 0 aromatic heterocycles. The molecule has 2 atom stereocenters. The highest BCUT2D eigenvalue weighted by Crippen LogP contribution is 2.14. The van der Waals surface area contributed by atoms with Crippen LogP contribution in [0.25, 0.3) is 0 Å². The minimum Gasteiger partial charge on any atom is -0.353 e. The summed E-state index contributed by atoms with van der Waals surface area (Å²) in [5.74, 6) is 0.0458. The maximum atomic E-state index is 11.8. The van der Waals surface area contributed by atoms with Crippen molar-refractivity contribution < 1.29 is 4.79 Å². The van der Waals surface area contributed by atoms with Crippen LogP contribution >= 0.6 is 0 Å². The van der Waals surface area contributed by atoms with Gasteiger partial charge in [0.05, 0.1) is 6.04 Å². The van der Waals surface area contributed by atoms with Gasteiger partial charge in [0.1, 0.15) is 0 Å². The maximum Gasteiger partial charge on any atom is 0.237 e. The van der Waals surface area contributed by atoms with Crippen LogP contribution in [0.4, 0.5) is 0 Å². The molecule has 0 radical (unpaired) electrons. The van der Waals surface area contributed by atoms with E-state index in [9.17, 15) is 4.79 Å². The molecule has 1 aromatic rings. The van der Waals surface area contributed by atoms with Crippen LogP contribution in [0.5, 0.6) is 0 Å². The number of benzene rings is 1. The quantitative estimate of drug-likeness (QED) is 0.841. The molecule has 0 heterocycles. The van der Waals surface area contributed by atoms with Crippen molar-refractivity contribution in [1.82, 2.24) is 10.6 Å². The summed E-state index contributed by atoms with van der Waals surface area (Å²) in [6, 6.07) is 8.49. The number of aryl methyl sites for hydroxylation is 1. The SMILES string of the molecule is Cc1cccc([C@H](C)NC(C)C(=O)NC(C)C)c1. The number of carbonyl (C=O) groups excluding carboxylic acids is 1. The van der Waals surface area contributed by atoms with Crippen LogP contribution in [0.15, 0.2) is 24.3 Å². The van der Waals surface area contributed by atoms with Crippen LogP contribution in [0.3, 0.4) is 0 Å². The zero-order valence-corrected chi connectivity index (χ0v) is 11.9. The lowest BCUT2D eigenvalue weighted by atomic mass is 10.0. The van der Waals surface area contributed by atoms with Crippen molar-refractivity contribution in [3.05, 3.63) is 35.4 Å². The van der Waals surface area contributed by atoms with Gasteiger partial charge in [-0.05, 0) is 40.2 Å². The number of carbonyl (C=O) groups is 1. The molecule has 0 spiro atoms. The standard InChI is InChI=1S/C15H24N2O/c1-10(2)16-15(18)13(5)17-12(4)14-8-6-7-11(3)9-14/h6-10,12-13,17H,1-5H3,(H,16,18)/t12-,13?/m0/s1. The Hall–Kier alpha value is -1.35. The van der Waals surface area contributed by atoms with Crippen molar-refractivity contribution in [3.8, 4) is 0 Å². The van der Waals surface area contributed by atoms with Crippen molar-refractivity contribution in [2.24, 2.45) is 0 Å². The lowest BCUT2D eigenvalue weighted by molar-refractivity contribution is -0.123. The third-order valence-electron chi connectivity index (χ3n) is 2.87. The second kappa shape index (κ2) is 6.55. The molecule has 0 aliphatic rings. The van der Waals surface area contributed by atoms with Gasteiger partial charge in [0, 0.05) is 12.1 Å². The highest BCUT2D eigenvalue weighted by Gasteiger charge is 2.16. The topological polar surface area (TPSA) is 41.1 Å². The predicted octanol–water partition coefficient (Wildman–Crippen LogP) is 2.56. The molecule has 0 aliphatic carbocycles. The average molecular weight is 248 g/mol. The molecular formula is C15H24N2O. The van der Waals surface area contributed by atoms with Gasteiger partial charge in [-0.3, -0.25) is 10.1 Å². The fraction of sp³-hybridized carbons (Fsp3) is 0.533. The van der Waals surface area contributed by atoms with Crippen molar-refractivity contribution in [2.75, 3.05) is 0 Å². The number of hydrogen-bond acceptors (Lipinski definition) is 2. The number of rotatable bonds is 5. The van der Waals surface area contributed by atoms with Crippen LogP contribution in [-0.4, -0.2) is 18.0 Å². The largest absolute Gasteiger partial charge is 0.353 e. The van der Waals surface area contributed by atoms with Crippen molar-refractivity contribution in [1.29, 1.82) is 0 Å². The number of amides is 1. The van der Waals surface area contributed by atoms with Crippen LogP contribution in [-0.2, 0) is 4.79 Å². The minimum absolute atomic E-state index is 0.0458. The second-order valence-corrected chi connectivity index (χ2v) is 5.19. The van der Waals surface area contributed by atoms with E-state index in [0.717, 1.165) is 0 Å². The van der Waals surface area contributed by atoms with Crippen molar-refractivity contribution in [3.63, 3.8) is 0 Å². The van der Waals surface area contributed by atoms with E-state index in [1.165, 1.54) is 11.1 Å². The Bertz CT molecular complexity index is 401. The Balaban J connectivity index is 2.59. The minimum atomic E-state index is -0.192. The van der Waals surface area contributed by atoms with Crippen LogP contribution in [0, 0.1) is 6.92 Å². The Morgan fingerprint density at radius 1 is 1.17 bits per heavy atom. The molecule has 0 bridgehead atoms. The van der Waals surface area contributed by atoms with E-state index < -0.39 is 0 Å². The molecule has 1 aromatic carbocycles. The summed E-state index contributed by atoms with van der Waals surface area (Å²) < 4.78 is 0. The summed E-state index contributed by atoms with van der Waals surface area (Å²) in [6.45, 7) is 9.98. The van der Waals surface area contributed by atoms with E-state index in [2.05, 4.69) is 42.7 Å². The second-order valence-electron chi connectivity index (χ2n) is 5.19. The molecule has 0 saturated carbocycles. The van der Waals surface area contributed by atoms with Gasteiger partial charge in [0.15, 0.2) is 0 Å². The molecule has 100 valence electrons. The third-order valence-corrected chi connectivity index (χ3v) is 2.87. The number of hydrogen-bond donors (Lipinski definition) is 2. The summed E-state index contributed by atoms with van der Waals surface area (Å²) in [4.78, 5) is 11.8.